The molecule has 1 aliphatic carbocycles. The third kappa shape index (κ3) is 2.52. The van der Waals surface area contributed by atoms with Crippen molar-refractivity contribution in [3.05, 3.63) is 45.7 Å². The van der Waals surface area contributed by atoms with Crippen molar-refractivity contribution in [2.24, 2.45) is 0 Å². The summed E-state index contributed by atoms with van der Waals surface area (Å²) < 4.78 is 0. The summed E-state index contributed by atoms with van der Waals surface area (Å²) in [6, 6.07) is 8.12. The lowest BCUT2D eigenvalue weighted by atomic mass is 9.72. The molecular formula is C17H21N3O2. The van der Waals surface area contributed by atoms with Gasteiger partial charge in [-0.05, 0) is 18.4 Å². The molecule has 2 aromatic rings. The van der Waals surface area contributed by atoms with E-state index in [1.807, 2.05) is 18.2 Å². The van der Waals surface area contributed by atoms with E-state index in [1.165, 1.54) is 5.56 Å². The van der Waals surface area contributed by atoms with Crippen LogP contribution in [0.2, 0.25) is 0 Å². The number of rotatable bonds is 4. The molecule has 0 fully saturated rings. The van der Waals surface area contributed by atoms with Gasteiger partial charge < -0.3 is 10.4 Å². The fraction of sp³-hybridized carbons (Fsp3) is 0.412. The van der Waals surface area contributed by atoms with Crippen molar-refractivity contribution >= 4 is 5.95 Å². The van der Waals surface area contributed by atoms with E-state index < -0.39 is 0 Å². The highest BCUT2D eigenvalue weighted by molar-refractivity contribution is 5.72. The molecule has 5 nitrogen and oxygen atoms in total. The number of aliphatic hydroxyl groups excluding tert-OH is 1. The molecule has 1 aromatic heterocycles. The third-order valence-corrected chi connectivity index (χ3v) is 4.13. The predicted octanol–water partition coefficient (Wildman–Crippen LogP) is 2.06. The number of fused-ring (bicyclic) bond motifs is 3. The average molecular weight is 299 g/mol. The van der Waals surface area contributed by atoms with Crippen LogP contribution in [-0.4, -0.2) is 28.2 Å². The van der Waals surface area contributed by atoms with Crippen LogP contribution in [0.4, 0.5) is 5.95 Å². The van der Waals surface area contributed by atoms with Gasteiger partial charge in [-0.1, -0.05) is 38.1 Å². The molecule has 3 rings (SSSR count). The lowest BCUT2D eigenvalue weighted by Crippen LogP contribution is -2.34. The number of aliphatic hydroxyl groups is 1. The van der Waals surface area contributed by atoms with Crippen LogP contribution < -0.4 is 10.9 Å². The third-order valence-electron chi connectivity index (χ3n) is 4.13. The highest BCUT2D eigenvalue weighted by Crippen LogP contribution is 2.40. The number of benzene rings is 1. The number of hydrogen-bond acceptors (Lipinski definition) is 4. The van der Waals surface area contributed by atoms with Gasteiger partial charge in [-0.3, -0.25) is 9.78 Å². The lowest BCUT2D eigenvalue weighted by Gasteiger charge is -2.32. The van der Waals surface area contributed by atoms with Crippen LogP contribution in [0.5, 0.6) is 0 Å². The molecule has 1 aromatic carbocycles. The summed E-state index contributed by atoms with van der Waals surface area (Å²) in [6.07, 6.45) is 1.45. The smallest absolute Gasteiger partial charge is 0.256 e. The Morgan fingerprint density at radius 2 is 2.14 bits per heavy atom. The van der Waals surface area contributed by atoms with Gasteiger partial charge in [0.25, 0.3) is 5.56 Å². The van der Waals surface area contributed by atoms with Crippen LogP contribution in [0.25, 0.3) is 11.3 Å². The van der Waals surface area contributed by atoms with Crippen LogP contribution in [0, 0.1) is 0 Å². The zero-order valence-corrected chi connectivity index (χ0v) is 12.9. The highest BCUT2D eigenvalue weighted by atomic mass is 16.3. The first kappa shape index (κ1) is 14.8. The Morgan fingerprint density at radius 1 is 1.36 bits per heavy atom. The van der Waals surface area contributed by atoms with Crippen LogP contribution in [0.1, 0.15) is 31.4 Å². The van der Waals surface area contributed by atoms with E-state index in [9.17, 15) is 4.79 Å². The summed E-state index contributed by atoms with van der Waals surface area (Å²) in [5.74, 6) is 0.463. The van der Waals surface area contributed by atoms with Gasteiger partial charge in [0.15, 0.2) is 0 Å². The molecule has 0 amide bonds. The second-order valence-electron chi connectivity index (χ2n) is 6.36. The minimum absolute atomic E-state index is 0.0870. The van der Waals surface area contributed by atoms with Crippen molar-refractivity contribution in [2.45, 2.75) is 32.1 Å². The first-order valence-corrected chi connectivity index (χ1v) is 7.61. The highest BCUT2D eigenvalue weighted by Gasteiger charge is 2.34. The van der Waals surface area contributed by atoms with Crippen molar-refractivity contribution in [1.82, 2.24) is 9.97 Å². The molecule has 0 atom stereocenters. The van der Waals surface area contributed by atoms with Gasteiger partial charge in [0.2, 0.25) is 5.95 Å². The number of hydrogen-bond donors (Lipinski definition) is 3. The topological polar surface area (TPSA) is 78.0 Å². The van der Waals surface area contributed by atoms with Gasteiger partial charge in [0.05, 0.1) is 5.69 Å². The van der Waals surface area contributed by atoms with E-state index in [0.717, 1.165) is 23.2 Å². The first-order chi connectivity index (χ1) is 10.5. The SMILES string of the molecule is CC1(C)Cc2ccccc2-c2nc(NCCCO)[nH]c(=O)c21. The number of nitrogens with zero attached hydrogens (tertiary/aromatic N) is 1. The van der Waals surface area contributed by atoms with Crippen molar-refractivity contribution in [3.8, 4) is 11.3 Å². The maximum Gasteiger partial charge on any atom is 0.256 e. The van der Waals surface area contributed by atoms with E-state index in [4.69, 9.17) is 5.11 Å². The minimum Gasteiger partial charge on any atom is -0.396 e. The second kappa shape index (κ2) is 5.57. The standard InChI is InChI=1S/C17H21N3O2/c1-17(2)10-11-6-3-4-7-12(11)14-13(17)15(22)20-16(19-14)18-8-5-9-21/h3-4,6-7,21H,5,8-10H2,1-2H3,(H2,18,19,20,22). The lowest BCUT2D eigenvalue weighted by molar-refractivity contribution is 0.292. The van der Waals surface area contributed by atoms with Crippen LogP contribution in [0.3, 0.4) is 0 Å². The van der Waals surface area contributed by atoms with E-state index in [2.05, 4.69) is 35.2 Å². The predicted molar refractivity (Wildman–Crippen MR) is 87.2 cm³/mol. The molecular weight excluding hydrogens is 278 g/mol. The molecule has 3 N–H and O–H groups in total. The second-order valence-corrected chi connectivity index (χ2v) is 6.36. The van der Waals surface area contributed by atoms with Gasteiger partial charge in [-0.15, -0.1) is 0 Å². The molecule has 0 saturated carbocycles. The first-order valence-electron chi connectivity index (χ1n) is 7.61. The molecule has 0 bridgehead atoms. The maximum atomic E-state index is 12.6. The van der Waals surface area contributed by atoms with Crippen molar-refractivity contribution in [1.29, 1.82) is 0 Å². The van der Waals surface area contributed by atoms with Gasteiger partial charge in [-0.2, -0.15) is 0 Å². The summed E-state index contributed by atoms with van der Waals surface area (Å²) in [5, 5.41) is 11.9. The van der Waals surface area contributed by atoms with Crippen LogP contribution in [-0.2, 0) is 11.8 Å². The summed E-state index contributed by atoms with van der Waals surface area (Å²) in [5.41, 5.74) is 3.44. The molecule has 0 saturated heterocycles. The molecule has 0 unspecified atom stereocenters. The molecule has 116 valence electrons. The number of nitrogens with one attached hydrogen (secondary N) is 2. The molecule has 1 heterocycles. The van der Waals surface area contributed by atoms with Crippen molar-refractivity contribution in [2.75, 3.05) is 18.5 Å². The van der Waals surface area contributed by atoms with Gasteiger partial charge in [0, 0.05) is 29.7 Å². The zero-order chi connectivity index (χ0) is 15.7. The fourth-order valence-corrected chi connectivity index (χ4v) is 3.14. The van der Waals surface area contributed by atoms with Crippen molar-refractivity contribution in [3.63, 3.8) is 0 Å². The molecule has 5 heteroatoms. The summed E-state index contributed by atoms with van der Waals surface area (Å²) in [7, 11) is 0. The molecule has 1 aliphatic rings. The van der Waals surface area contributed by atoms with Gasteiger partial charge in [0.1, 0.15) is 0 Å². The Kier molecular flexibility index (Phi) is 3.74. The largest absolute Gasteiger partial charge is 0.396 e. The normalized spacial score (nSPS) is 15.0. The average Bonchev–Trinajstić information content (AvgIpc) is 2.46. The summed E-state index contributed by atoms with van der Waals surface area (Å²) in [4.78, 5) is 20.0. The molecule has 0 spiro atoms. The molecule has 22 heavy (non-hydrogen) atoms. The van der Waals surface area contributed by atoms with Crippen molar-refractivity contribution < 1.29 is 5.11 Å². The van der Waals surface area contributed by atoms with Crippen LogP contribution >= 0.6 is 0 Å². The Morgan fingerprint density at radius 3 is 2.91 bits per heavy atom. The maximum absolute atomic E-state index is 12.6. The van der Waals surface area contributed by atoms with E-state index in [1.54, 1.807) is 0 Å². The Balaban J connectivity index is 2.12. The number of anilines is 1. The molecule has 0 radical (unpaired) electrons. The van der Waals surface area contributed by atoms with E-state index in [0.29, 0.717) is 18.9 Å². The number of aromatic nitrogens is 2. The zero-order valence-electron chi connectivity index (χ0n) is 12.9. The van der Waals surface area contributed by atoms with Gasteiger partial charge in [-0.25, -0.2) is 4.98 Å². The number of H-pyrrole nitrogens is 1. The Hall–Kier alpha value is -2.14. The minimum atomic E-state index is -0.242. The van der Waals surface area contributed by atoms with Gasteiger partial charge >= 0.3 is 0 Å². The molecule has 0 aliphatic heterocycles. The monoisotopic (exact) mass is 299 g/mol. The Labute approximate surface area is 129 Å². The van der Waals surface area contributed by atoms with E-state index in [-0.39, 0.29) is 17.6 Å². The number of aromatic amines is 1. The quantitative estimate of drug-likeness (QED) is 0.755. The summed E-state index contributed by atoms with van der Waals surface area (Å²) in [6.45, 7) is 4.84. The summed E-state index contributed by atoms with van der Waals surface area (Å²) >= 11 is 0. The van der Waals surface area contributed by atoms with Crippen LogP contribution in [0.15, 0.2) is 29.1 Å². The van der Waals surface area contributed by atoms with E-state index >= 15 is 0 Å². The fourth-order valence-electron chi connectivity index (χ4n) is 3.14. The Bertz CT molecular complexity index is 750.